The molecular weight excluding hydrogens is 310 g/mol. The predicted octanol–water partition coefficient (Wildman–Crippen LogP) is 4.37. The Morgan fingerprint density at radius 3 is 2.64 bits per heavy atom. The lowest BCUT2D eigenvalue weighted by molar-refractivity contribution is -0.115. The van der Waals surface area contributed by atoms with Crippen LogP contribution in [0.15, 0.2) is 36.4 Å². The summed E-state index contributed by atoms with van der Waals surface area (Å²) >= 11 is 5.98. The summed E-state index contributed by atoms with van der Waals surface area (Å²) in [6.45, 7) is 2.10. The Balaban J connectivity index is 1.83. The molecule has 0 heterocycles. The maximum Gasteiger partial charge on any atom is 0.226 e. The molecule has 2 aromatic carbocycles. The van der Waals surface area contributed by atoms with E-state index >= 15 is 0 Å². The second kappa shape index (κ2) is 7.22. The fraction of sp³-hybridized carbons (Fsp3) is 0.188. The summed E-state index contributed by atoms with van der Waals surface area (Å²) in [6, 6.07) is 8.47. The van der Waals surface area contributed by atoms with E-state index in [1.165, 1.54) is 6.07 Å². The molecule has 0 radical (unpaired) electrons. The van der Waals surface area contributed by atoms with Gasteiger partial charge in [-0.1, -0.05) is 17.7 Å². The Bertz CT molecular complexity index is 692. The van der Waals surface area contributed by atoms with Crippen LogP contribution in [0.25, 0.3) is 0 Å². The monoisotopic (exact) mass is 324 g/mol. The number of nitrogens with one attached hydrogen (secondary N) is 2. The summed E-state index contributed by atoms with van der Waals surface area (Å²) in [4.78, 5) is 11.8. The van der Waals surface area contributed by atoms with Crippen molar-refractivity contribution in [3.8, 4) is 0 Å². The number of carbonyl (C=O) groups is 1. The van der Waals surface area contributed by atoms with Crippen molar-refractivity contribution in [3.05, 3.63) is 58.6 Å². The van der Waals surface area contributed by atoms with E-state index in [9.17, 15) is 13.6 Å². The van der Waals surface area contributed by atoms with Gasteiger partial charge < -0.3 is 10.6 Å². The van der Waals surface area contributed by atoms with Crippen molar-refractivity contribution in [2.75, 3.05) is 17.2 Å². The van der Waals surface area contributed by atoms with Crippen molar-refractivity contribution in [1.82, 2.24) is 0 Å². The zero-order valence-electron chi connectivity index (χ0n) is 11.9. The lowest BCUT2D eigenvalue weighted by Crippen LogP contribution is -2.16. The van der Waals surface area contributed by atoms with Crippen molar-refractivity contribution < 1.29 is 13.6 Å². The third-order valence-corrected chi connectivity index (χ3v) is 3.46. The van der Waals surface area contributed by atoms with Crippen LogP contribution in [0.4, 0.5) is 20.2 Å². The molecule has 2 N–H and O–H groups in total. The van der Waals surface area contributed by atoms with E-state index in [1.54, 1.807) is 12.1 Å². The number of halogens is 3. The van der Waals surface area contributed by atoms with Crippen molar-refractivity contribution in [3.63, 3.8) is 0 Å². The highest BCUT2D eigenvalue weighted by atomic mass is 35.5. The zero-order chi connectivity index (χ0) is 16.1. The Morgan fingerprint density at radius 2 is 1.95 bits per heavy atom. The van der Waals surface area contributed by atoms with Gasteiger partial charge in [-0.05, 0) is 36.8 Å². The molecular formula is C16H15ClF2N2O. The molecule has 0 saturated carbocycles. The van der Waals surface area contributed by atoms with Crippen LogP contribution < -0.4 is 10.6 Å². The highest BCUT2D eigenvalue weighted by molar-refractivity contribution is 6.31. The molecule has 0 saturated heterocycles. The molecule has 6 heteroatoms. The summed E-state index contributed by atoms with van der Waals surface area (Å²) in [6.07, 6.45) is 0.141. The highest BCUT2D eigenvalue weighted by Crippen LogP contribution is 2.20. The first kappa shape index (κ1) is 16.2. The molecule has 0 spiro atoms. The van der Waals surface area contributed by atoms with E-state index in [1.807, 2.05) is 13.0 Å². The first-order chi connectivity index (χ1) is 10.5. The molecule has 0 aliphatic rings. The van der Waals surface area contributed by atoms with E-state index in [4.69, 9.17) is 11.6 Å². The maximum absolute atomic E-state index is 13.4. The number of amides is 1. The van der Waals surface area contributed by atoms with Gasteiger partial charge in [-0.25, -0.2) is 8.78 Å². The van der Waals surface area contributed by atoms with Crippen LogP contribution in [0.1, 0.15) is 12.0 Å². The molecule has 0 aromatic heterocycles. The molecule has 1 amide bonds. The van der Waals surface area contributed by atoms with Gasteiger partial charge in [-0.2, -0.15) is 0 Å². The minimum Gasteiger partial charge on any atom is -0.382 e. The SMILES string of the molecule is Cc1ccc(NC(=O)CCNc2ccc(F)cc2F)cc1Cl. The molecule has 3 nitrogen and oxygen atoms in total. The number of anilines is 2. The van der Waals surface area contributed by atoms with E-state index in [-0.39, 0.29) is 24.6 Å². The van der Waals surface area contributed by atoms with Crippen molar-refractivity contribution in [2.45, 2.75) is 13.3 Å². The average molecular weight is 325 g/mol. The van der Waals surface area contributed by atoms with Gasteiger partial charge in [0.05, 0.1) is 5.69 Å². The number of hydrogen-bond acceptors (Lipinski definition) is 2. The van der Waals surface area contributed by atoms with E-state index in [0.717, 1.165) is 17.7 Å². The lowest BCUT2D eigenvalue weighted by Gasteiger charge is -2.09. The maximum atomic E-state index is 13.4. The molecule has 0 bridgehead atoms. The first-order valence-electron chi connectivity index (χ1n) is 6.70. The quantitative estimate of drug-likeness (QED) is 0.857. The molecule has 0 aliphatic heterocycles. The van der Waals surface area contributed by atoms with Gasteiger partial charge >= 0.3 is 0 Å². The highest BCUT2D eigenvalue weighted by Gasteiger charge is 2.06. The third kappa shape index (κ3) is 4.43. The Kier molecular flexibility index (Phi) is 5.33. The topological polar surface area (TPSA) is 41.1 Å². The third-order valence-electron chi connectivity index (χ3n) is 3.05. The van der Waals surface area contributed by atoms with Crippen LogP contribution in [0.2, 0.25) is 5.02 Å². The number of benzene rings is 2. The Labute approximate surface area is 132 Å². The molecule has 0 aliphatic carbocycles. The molecule has 22 heavy (non-hydrogen) atoms. The van der Waals surface area contributed by atoms with Gasteiger partial charge in [0.2, 0.25) is 5.91 Å². The second-order valence-electron chi connectivity index (χ2n) is 4.81. The summed E-state index contributed by atoms with van der Waals surface area (Å²) in [5.41, 5.74) is 1.69. The van der Waals surface area contributed by atoms with Gasteiger partial charge in [-0.3, -0.25) is 4.79 Å². The lowest BCUT2D eigenvalue weighted by atomic mass is 10.2. The summed E-state index contributed by atoms with van der Waals surface area (Å²) in [5.74, 6) is -1.56. The van der Waals surface area contributed by atoms with E-state index in [0.29, 0.717) is 10.7 Å². The number of aryl methyl sites for hydroxylation is 1. The van der Waals surface area contributed by atoms with Crippen LogP contribution in [0.5, 0.6) is 0 Å². The summed E-state index contributed by atoms with van der Waals surface area (Å²) in [5, 5.41) is 6.03. The predicted molar refractivity (Wildman–Crippen MR) is 84.3 cm³/mol. The molecule has 0 fully saturated rings. The van der Waals surface area contributed by atoms with E-state index < -0.39 is 11.6 Å². The fourth-order valence-electron chi connectivity index (χ4n) is 1.84. The van der Waals surface area contributed by atoms with Crippen LogP contribution in [-0.4, -0.2) is 12.5 Å². The van der Waals surface area contributed by atoms with Crippen LogP contribution in [0, 0.1) is 18.6 Å². The Hall–Kier alpha value is -2.14. The molecule has 2 aromatic rings. The number of rotatable bonds is 5. The molecule has 116 valence electrons. The van der Waals surface area contributed by atoms with Crippen LogP contribution in [0.3, 0.4) is 0 Å². The smallest absolute Gasteiger partial charge is 0.226 e. The van der Waals surface area contributed by atoms with Gasteiger partial charge in [0, 0.05) is 29.7 Å². The van der Waals surface area contributed by atoms with Gasteiger partial charge in [-0.15, -0.1) is 0 Å². The number of hydrogen-bond donors (Lipinski definition) is 2. The molecule has 2 rings (SSSR count). The Morgan fingerprint density at radius 1 is 1.18 bits per heavy atom. The number of carbonyl (C=O) groups excluding carboxylic acids is 1. The van der Waals surface area contributed by atoms with Crippen molar-refractivity contribution in [2.24, 2.45) is 0 Å². The van der Waals surface area contributed by atoms with Crippen LogP contribution in [-0.2, 0) is 4.79 Å². The first-order valence-corrected chi connectivity index (χ1v) is 7.08. The summed E-state index contributed by atoms with van der Waals surface area (Å²) < 4.78 is 26.1. The minimum atomic E-state index is -0.689. The minimum absolute atomic E-state index is 0.141. The van der Waals surface area contributed by atoms with Gasteiger partial charge in [0.25, 0.3) is 0 Å². The molecule has 0 unspecified atom stereocenters. The standard InChI is InChI=1S/C16H15ClF2N2O/c1-10-2-4-12(9-13(10)17)21-16(22)6-7-20-15-5-3-11(18)8-14(15)19/h2-5,8-9,20H,6-7H2,1H3,(H,21,22). The largest absolute Gasteiger partial charge is 0.382 e. The summed E-state index contributed by atoms with van der Waals surface area (Å²) in [7, 11) is 0. The van der Waals surface area contributed by atoms with Crippen molar-refractivity contribution >= 4 is 28.9 Å². The fourth-order valence-corrected chi connectivity index (χ4v) is 2.02. The molecule has 0 atom stereocenters. The van der Waals surface area contributed by atoms with Gasteiger partial charge in [0.15, 0.2) is 0 Å². The second-order valence-corrected chi connectivity index (χ2v) is 5.22. The van der Waals surface area contributed by atoms with Crippen LogP contribution >= 0.6 is 11.6 Å². The van der Waals surface area contributed by atoms with Crippen molar-refractivity contribution in [1.29, 1.82) is 0 Å². The van der Waals surface area contributed by atoms with Gasteiger partial charge in [0.1, 0.15) is 11.6 Å². The normalized spacial score (nSPS) is 10.4. The van der Waals surface area contributed by atoms with E-state index in [2.05, 4.69) is 10.6 Å². The zero-order valence-corrected chi connectivity index (χ0v) is 12.7. The average Bonchev–Trinajstić information content (AvgIpc) is 2.45.